The molecule has 0 aliphatic carbocycles. The minimum atomic E-state index is -0.141. The quantitative estimate of drug-likeness (QED) is 0.538. The molecule has 2 aromatic carbocycles. The third-order valence-corrected chi connectivity index (χ3v) is 5.08. The van der Waals surface area contributed by atoms with Crippen molar-refractivity contribution in [2.24, 2.45) is 0 Å². The fraction of sp³-hybridized carbons (Fsp3) is 0.200. The van der Waals surface area contributed by atoms with Crippen molar-refractivity contribution in [3.63, 3.8) is 0 Å². The Morgan fingerprint density at radius 1 is 0.917 bits per heavy atom. The van der Waals surface area contributed by atoms with E-state index in [1.807, 2.05) is 24.3 Å². The molecular formula is C20H17N3O. The monoisotopic (exact) mass is 315 g/mol. The number of fused-ring (bicyclic) bond motifs is 7. The molecule has 0 bridgehead atoms. The molecule has 0 atom stereocenters. The number of hydrogen-bond donors (Lipinski definition) is 0. The summed E-state index contributed by atoms with van der Waals surface area (Å²) in [5.74, 6) is 0.804. The Balaban J connectivity index is 1.97. The van der Waals surface area contributed by atoms with E-state index >= 15 is 0 Å². The number of nitrogens with zero attached hydrogens (tertiary/aromatic N) is 3. The summed E-state index contributed by atoms with van der Waals surface area (Å²) in [7, 11) is 0. The van der Waals surface area contributed by atoms with Crippen LogP contribution in [0.25, 0.3) is 33.3 Å². The Bertz CT molecular complexity index is 1130. The molecule has 118 valence electrons. The third-order valence-electron chi connectivity index (χ3n) is 5.08. The van der Waals surface area contributed by atoms with Crippen LogP contribution in [0.4, 0.5) is 0 Å². The molecular weight excluding hydrogens is 298 g/mol. The van der Waals surface area contributed by atoms with Gasteiger partial charge in [0, 0.05) is 24.0 Å². The third kappa shape index (κ3) is 1.63. The lowest BCUT2D eigenvalue weighted by molar-refractivity contribution is 0.569. The highest BCUT2D eigenvalue weighted by molar-refractivity contribution is 5.92. The van der Waals surface area contributed by atoms with Crippen LogP contribution in [0.3, 0.4) is 0 Å². The van der Waals surface area contributed by atoms with Gasteiger partial charge in [-0.25, -0.2) is 0 Å². The largest absolute Gasteiger partial charge is 0.336 e. The van der Waals surface area contributed by atoms with Gasteiger partial charge in [0.15, 0.2) is 5.82 Å². The first-order valence-electron chi connectivity index (χ1n) is 8.39. The standard InChI is InChI=1S/C20H17N3O/c1-2-13-14-7-3-5-9-16(14)22-11-12-23-17-10-6-4-8-15(17)20(24)21-19(23)18(13)22/h3-10H,2,11-12H2,1H3. The first kappa shape index (κ1) is 13.5. The van der Waals surface area contributed by atoms with Gasteiger partial charge in [0.1, 0.15) is 0 Å². The molecule has 4 aromatic rings. The molecule has 0 radical (unpaired) electrons. The summed E-state index contributed by atoms with van der Waals surface area (Å²) < 4.78 is 4.52. The number of rotatable bonds is 1. The average molecular weight is 315 g/mol. The van der Waals surface area contributed by atoms with E-state index < -0.39 is 0 Å². The second kappa shape index (κ2) is 4.81. The van der Waals surface area contributed by atoms with Crippen LogP contribution in [0.1, 0.15) is 12.5 Å². The van der Waals surface area contributed by atoms with E-state index in [9.17, 15) is 4.79 Å². The van der Waals surface area contributed by atoms with Gasteiger partial charge in [0.05, 0.1) is 16.6 Å². The Hall–Kier alpha value is -2.88. The van der Waals surface area contributed by atoms with Crippen LogP contribution in [0.2, 0.25) is 0 Å². The summed E-state index contributed by atoms with van der Waals surface area (Å²) >= 11 is 0. The van der Waals surface area contributed by atoms with Crippen LogP contribution < -0.4 is 5.56 Å². The number of aromatic nitrogens is 3. The van der Waals surface area contributed by atoms with E-state index in [1.54, 1.807) is 0 Å². The molecule has 4 nitrogen and oxygen atoms in total. The molecule has 0 N–H and O–H groups in total. The van der Waals surface area contributed by atoms with Crippen molar-refractivity contribution in [1.82, 2.24) is 14.1 Å². The van der Waals surface area contributed by atoms with Crippen LogP contribution in [0, 0.1) is 0 Å². The zero-order valence-electron chi connectivity index (χ0n) is 13.5. The number of hydrogen-bond acceptors (Lipinski definition) is 2. The van der Waals surface area contributed by atoms with Gasteiger partial charge in [-0.1, -0.05) is 37.3 Å². The molecule has 1 aliphatic heterocycles. The van der Waals surface area contributed by atoms with Crippen LogP contribution in [-0.4, -0.2) is 14.1 Å². The summed E-state index contributed by atoms with van der Waals surface area (Å²) in [5.41, 5.74) is 4.45. The van der Waals surface area contributed by atoms with Crippen LogP contribution in [-0.2, 0) is 19.5 Å². The maximum atomic E-state index is 12.5. The summed E-state index contributed by atoms with van der Waals surface area (Å²) in [5, 5.41) is 1.97. The number of para-hydroxylation sites is 2. The predicted octanol–water partition coefficient (Wildman–Crippen LogP) is 3.59. The molecule has 0 saturated heterocycles. The smallest absolute Gasteiger partial charge is 0.281 e. The van der Waals surface area contributed by atoms with Crippen molar-refractivity contribution in [1.29, 1.82) is 0 Å². The van der Waals surface area contributed by atoms with Gasteiger partial charge in [-0.15, -0.1) is 0 Å². The highest BCUT2D eigenvalue weighted by atomic mass is 16.1. The SMILES string of the molecule is CCc1c2n(c3ccccc13)CCn1c-2nc(=O)c2ccccc21. The van der Waals surface area contributed by atoms with E-state index in [2.05, 4.69) is 45.3 Å². The van der Waals surface area contributed by atoms with Crippen molar-refractivity contribution in [3.05, 3.63) is 64.4 Å². The topological polar surface area (TPSA) is 39.8 Å². The molecule has 0 spiro atoms. The maximum Gasteiger partial charge on any atom is 0.281 e. The molecule has 1 aliphatic rings. The number of benzene rings is 2. The Morgan fingerprint density at radius 3 is 2.29 bits per heavy atom. The van der Waals surface area contributed by atoms with Crippen molar-refractivity contribution < 1.29 is 0 Å². The number of aryl methyl sites for hydroxylation is 3. The summed E-state index contributed by atoms with van der Waals surface area (Å²) in [6.07, 6.45) is 0.922. The average Bonchev–Trinajstić information content (AvgIpc) is 2.96. The van der Waals surface area contributed by atoms with Crippen LogP contribution in [0.5, 0.6) is 0 Å². The Morgan fingerprint density at radius 2 is 1.54 bits per heavy atom. The zero-order valence-corrected chi connectivity index (χ0v) is 13.5. The molecule has 0 fully saturated rings. The normalized spacial score (nSPS) is 13.2. The zero-order chi connectivity index (χ0) is 16.3. The second-order valence-corrected chi connectivity index (χ2v) is 6.26. The molecule has 0 saturated carbocycles. The van der Waals surface area contributed by atoms with Gasteiger partial charge in [0.25, 0.3) is 5.56 Å². The lowest BCUT2D eigenvalue weighted by atomic mass is 10.1. The molecule has 2 aromatic heterocycles. The Labute approximate surface area is 139 Å². The van der Waals surface area contributed by atoms with Gasteiger partial charge in [-0.3, -0.25) is 4.79 Å². The van der Waals surface area contributed by atoms with Gasteiger partial charge in [0.2, 0.25) is 0 Å². The van der Waals surface area contributed by atoms with Crippen LogP contribution in [0.15, 0.2) is 53.3 Å². The molecule has 0 unspecified atom stereocenters. The van der Waals surface area contributed by atoms with E-state index in [4.69, 9.17) is 0 Å². The fourth-order valence-electron chi connectivity index (χ4n) is 4.05. The minimum absolute atomic E-state index is 0.141. The van der Waals surface area contributed by atoms with Gasteiger partial charge >= 0.3 is 0 Å². The minimum Gasteiger partial charge on any atom is -0.336 e. The van der Waals surface area contributed by atoms with Crippen LogP contribution >= 0.6 is 0 Å². The fourth-order valence-corrected chi connectivity index (χ4v) is 4.05. The van der Waals surface area contributed by atoms with Gasteiger partial charge < -0.3 is 9.13 Å². The molecule has 3 heterocycles. The lowest BCUT2D eigenvalue weighted by Gasteiger charge is -2.24. The molecule has 0 amide bonds. The predicted molar refractivity (Wildman–Crippen MR) is 96.3 cm³/mol. The van der Waals surface area contributed by atoms with Crippen molar-refractivity contribution in [2.45, 2.75) is 26.4 Å². The summed E-state index contributed by atoms with van der Waals surface area (Å²) in [4.78, 5) is 17.0. The van der Waals surface area contributed by atoms with E-state index in [-0.39, 0.29) is 5.56 Å². The van der Waals surface area contributed by atoms with Crippen molar-refractivity contribution in [3.8, 4) is 11.5 Å². The molecule has 24 heavy (non-hydrogen) atoms. The van der Waals surface area contributed by atoms with Gasteiger partial charge in [-0.2, -0.15) is 4.98 Å². The first-order valence-corrected chi connectivity index (χ1v) is 8.39. The molecule has 4 heteroatoms. The Kier molecular flexibility index (Phi) is 2.71. The van der Waals surface area contributed by atoms with Crippen molar-refractivity contribution >= 4 is 21.8 Å². The summed E-state index contributed by atoms with van der Waals surface area (Å²) in [6, 6.07) is 16.2. The van der Waals surface area contributed by atoms with Gasteiger partial charge in [-0.05, 0) is 30.2 Å². The lowest BCUT2D eigenvalue weighted by Crippen LogP contribution is -2.24. The molecule has 5 rings (SSSR count). The highest BCUT2D eigenvalue weighted by Gasteiger charge is 2.25. The summed E-state index contributed by atoms with van der Waals surface area (Å²) in [6.45, 7) is 3.90. The van der Waals surface area contributed by atoms with E-state index in [0.717, 1.165) is 36.5 Å². The van der Waals surface area contributed by atoms with E-state index in [1.165, 1.54) is 16.5 Å². The van der Waals surface area contributed by atoms with Crippen molar-refractivity contribution in [2.75, 3.05) is 0 Å². The first-order chi connectivity index (χ1) is 11.8. The second-order valence-electron chi connectivity index (χ2n) is 6.26. The highest BCUT2D eigenvalue weighted by Crippen LogP contribution is 2.36. The maximum absolute atomic E-state index is 12.5. The van der Waals surface area contributed by atoms with E-state index in [0.29, 0.717) is 5.39 Å².